The molecule has 1 aromatic rings. The number of carbonyl (C=O) groups is 1. The fourth-order valence-corrected chi connectivity index (χ4v) is 5.88. The fraction of sp³-hybridized carbons (Fsp3) is 0.632. The molecule has 2 fully saturated rings. The first-order valence-electron chi connectivity index (χ1n) is 9.45. The van der Waals surface area contributed by atoms with Gasteiger partial charge in [0.2, 0.25) is 15.9 Å². The van der Waals surface area contributed by atoms with Crippen molar-refractivity contribution in [2.45, 2.75) is 62.8 Å². The van der Waals surface area contributed by atoms with Crippen LogP contribution in [0.15, 0.2) is 23.1 Å². The Morgan fingerprint density at radius 2 is 1.77 bits per heavy atom. The molecule has 1 aliphatic carbocycles. The molecule has 0 aromatic heterocycles. The number of piperidine rings is 1. The number of benzene rings is 1. The maximum Gasteiger partial charge on any atom is 0.243 e. The first kappa shape index (κ1) is 19.6. The maximum atomic E-state index is 12.9. The van der Waals surface area contributed by atoms with Gasteiger partial charge in [0.15, 0.2) is 0 Å². The van der Waals surface area contributed by atoms with Crippen molar-refractivity contribution in [3.63, 3.8) is 0 Å². The molecule has 1 saturated carbocycles. The predicted octanol–water partition coefficient (Wildman–Crippen LogP) is 3.50. The van der Waals surface area contributed by atoms with Gasteiger partial charge in [0.25, 0.3) is 0 Å². The van der Waals surface area contributed by atoms with Crippen LogP contribution in [0.2, 0.25) is 5.02 Å². The Morgan fingerprint density at radius 3 is 2.42 bits per heavy atom. The van der Waals surface area contributed by atoms with Gasteiger partial charge in [-0.3, -0.25) is 4.79 Å². The molecule has 1 N–H and O–H groups in total. The Hall–Kier alpha value is -1.11. The zero-order chi connectivity index (χ0) is 18.7. The molecule has 0 radical (unpaired) electrons. The maximum absolute atomic E-state index is 12.9. The van der Waals surface area contributed by atoms with Gasteiger partial charge in [-0.25, -0.2) is 8.42 Å². The lowest BCUT2D eigenvalue weighted by Gasteiger charge is -2.33. The molecule has 1 amide bonds. The second-order valence-corrected chi connectivity index (χ2v) is 9.70. The molecule has 0 spiro atoms. The van der Waals surface area contributed by atoms with Crippen molar-refractivity contribution in [2.24, 2.45) is 5.92 Å². The monoisotopic (exact) mass is 398 g/mol. The number of carbonyl (C=O) groups excluding carboxylic acids is 1. The van der Waals surface area contributed by atoms with Crippen LogP contribution < -0.4 is 5.32 Å². The second kappa shape index (κ2) is 8.28. The summed E-state index contributed by atoms with van der Waals surface area (Å²) in [7, 11) is -3.55. The van der Waals surface area contributed by atoms with Gasteiger partial charge in [-0.05, 0) is 50.3 Å². The molecule has 26 heavy (non-hydrogen) atoms. The zero-order valence-corrected chi connectivity index (χ0v) is 16.8. The lowest BCUT2D eigenvalue weighted by Crippen LogP contribution is -2.48. The molecular formula is C19H27ClN2O3S. The summed E-state index contributed by atoms with van der Waals surface area (Å²) in [6.07, 6.45) is 6.75. The van der Waals surface area contributed by atoms with E-state index in [1.165, 1.54) is 10.7 Å². The Morgan fingerprint density at radius 1 is 1.12 bits per heavy atom. The van der Waals surface area contributed by atoms with Gasteiger partial charge in [-0.1, -0.05) is 36.9 Å². The van der Waals surface area contributed by atoms with Crippen molar-refractivity contribution in [3.8, 4) is 0 Å². The molecule has 5 nitrogen and oxygen atoms in total. The zero-order valence-electron chi connectivity index (χ0n) is 15.2. The third kappa shape index (κ3) is 4.24. The molecule has 1 saturated heterocycles. The smallest absolute Gasteiger partial charge is 0.243 e. The van der Waals surface area contributed by atoms with Crippen molar-refractivity contribution >= 4 is 27.5 Å². The van der Waals surface area contributed by atoms with E-state index in [1.54, 1.807) is 25.1 Å². The number of sulfonamides is 1. The summed E-state index contributed by atoms with van der Waals surface area (Å²) < 4.78 is 27.3. The standard InChI is InChI=1S/C19H27ClN2O3S/c1-14-17(20)8-5-9-18(14)26(24,25)22-12-10-16(11-13-22)21-19(23)15-6-3-2-4-7-15/h5,8-9,15-16H,2-4,6-7,10-13H2,1H3,(H,21,23). The van der Waals surface area contributed by atoms with Crippen LogP contribution in [0.5, 0.6) is 0 Å². The third-order valence-corrected chi connectivity index (χ3v) is 8.06. The van der Waals surface area contributed by atoms with Crippen LogP contribution in [-0.2, 0) is 14.8 Å². The van der Waals surface area contributed by atoms with Gasteiger partial charge in [-0.15, -0.1) is 0 Å². The van der Waals surface area contributed by atoms with Gasteiger partial charge in [0.1, 0.15) is 0 Å². The quantitative estimate of drug-likeness (QED) is 0.844. The molecule has 0 unspecified atom stereocenters. The Kier molecular flexibility index (Phi) is 6.25. The molecule has 3 rings (SSSR count). The number of rotatable bonds is 4. The van der Waals surface area contributed by atoms with Gasteiger partial charge < -0.3 is 5.32 Å². The molecule has 7 heteroatoms. The highest BCUT2D eigenvalue weighted by Crippen LogP contribution is 2.28. The number of hydrogen-bond donors (Lipinski definition) is 1. The van der Waals surface area contributed by atoms with E-state index >= 15 is 0 Å². The van der Waals surface area contributed by atoms with Crippen LogP contribution >= 0.6 is 11.6 Å². The molecule has 0 bridgehead atoms. The van der Waals surface area contributed by atoms with E-state index in [0.29, 0.717) is 36.5 Å². The first-order chi connectivity index (χ1) is 12.4. The van der Waals surface area contributed by atoms with E-state index in [4.69, 9.17) is 11.6 Å². The van der Waals surface area contributed by atoms with E-state index in [2.05, 4.69) is 5.32 Å². The minimum atomic E-state index is -3.55. The first-order valence-corrected chi connectivity index (χ1v) is 11.3. The summed E-state index contributed by atoms with van der Waals surface area (Å²) in [6.45, 7) is 2.57. The molecular weight excluding hydrogens is 372 g/mol. The van der Waals surface area contributed by atoms with Gasteiger partial charge in [-0.2, -0.15) is 4.31 Å². The van der Waals surface area contributed by atoms with E-state index in [1.807, 2.05) is 0 Å². The van der Waals surface area contributed by atoms with Crippen molar-refractivity contribution < 1.29 is 13.2 Å². The van der Waals surface area contributed by atoms with Gasteiger partial charge in [0.05, 0.1) is 4.90 Å². The Bertz CT molecular complexity index is 752. The second-order valence-electron chi connectivity index (χ2n) is 7.38. The van der Waals surface area contributed by atoms with Crippen LogP contribution in [0.3, 0.4) is 0 Å². The number of amides is 1. The normalized spacial score (nSPS) is 20.8. The topological polar surface area (TPSA) is 66.5 Å². The number of halogens is 1. The van der Waals surface area contributed by atoms with E-state index in [0.717, 1.165) is 25.7 Å². The van der Waals surface area contributed by atoms with Crippen LogP contribution in [0.25, 0.3) is 0 Å². The summed E-state index contributed by atoms with van der Waals surface area (Å²) in [5.41, 5.74) is 0.585. The van der Waals surface area contributed by atoms with Crippen LogP contribution in [0, 0.1) is 12.8 Å². The van der Waals surface area contributed by atoms with Gasteiger partial charge >= 0.3 is 0 Å². The number of hydrogen-bond acceptors (Lipinski definition) is 3. The van der Waals surface area contributed by atoms with E-state index in [-0.39, 0.29) is 22.8 Å². The number of nitrogens with zero attached hydrogens (tertiary/aromatic N) is 1. The average Bonchev–Trinajstić information content (AvgIpc) is 2.65. The minimum absolute atomic E-state index is 0.0661. The lowest BCUT2D eigenvalue weighted by molar-refractivity contribution is -0.126. The molecule has 2 aliphatic rings. The van der Waals surface area contributed by atoms with Crippen LogP contribution in [-0.4, -0.2) is 37.8 Å². The third-order valence-electron chi connectivity index (χ3n) is 5.61. The molecule has 1 heterocycles. The summed E-state index contributed by atoms with van der Waals surface area (Å²) in [5, 5.41) is 3.60. The van der Waals surface area contributed by atoms with Crippen molar-refractivity contribution in [1.82, 2.24) is 9.62 Å². The molecule has 1 aromatic carbocycles. The molecule has 1 aliphatic heterocycles. The van der Waals surface area contributed by atoms with Gasteiger partial charge in [0, 0.05) is 30.1 Å². The predicted molar refractivity (Wildman–Crippen MR) is 103 cm³/mol. The van der Waals surface area contributed by atoms with Crippen molar-refractivity contribution in [1.29, 1.82) is 0 Å². The lowest BCUT2D eigenvalue weighted by atomic mass is 9.88. The van der Waals surface area contributed by atoms with Crippen molar-refractivity contribution in [3.05, 3.63) is 28.8 Å². The summed E-state index contributed by atoms with van der Waals surface area (Å²) >= 11 is 6.08. The van der Waals surface area contributed by atoms with Crippen LogP contribution in [0.1, 0.15) is 50.5 Å². The average molecular weight is 399 g/mol. The molecule has 144 valence electrons. The highest BCUT2D eigenvalue weighted by molar-refractivity contribution is 7.89. The van der Waals surface area contributed by atoms with Crippen molar-refractivity contribution in [2.75, 3.05) is 13.1 Å². The highest BCUT2D eigenvalue weighted by Gasteiger charge is 2.32. The summed E-state index contributed by atoms with van der Waals surface area (Å²) in [6, 6.07) is 5.03. The largest absolute Gasteiger partial charge is 0.353 e. The number of nitrogens with one attached hydrogen (secondary N) is 1. The summed E-state index contributed by atoms with van der Waals surface area (Å²) in [5.74, 6) is 0.288. The Balaban J connectivity index is 1.59. The van der Waals surface area contributed by atoms with Crippen LogP contribution in [0.4, 0.5) is 0 Å². The SMILES string of the molecule is Cc1c(Cl)cccc1S(=O)(=O)N1CCC(NC(=O)C2CCCCC2)CC1. The molecule has 0 atom stereocenters. The fourth-order valence-electron chi connectivity index (χ4n) is 3.93. The Labute approximate surface area is 161 Å². The minimum Gasteiger partial charge on any atom is -0.353 e. The summed E-state index contributed by atoms with van der Waals surface area (Å²) in [4.78, 5) is 12.7. The van der Waals surface area contributed by atoms with E-state index < -0.39 is 10.0 Å². The highest BCUT2D eigenvalue weighted by atomic mass is 35.5. The van der Waals surface area contributed by atoms with E-state index in [9.17, 15) is 13.2 Å².